The van der Waals surface area contributed by atoms with Gasteiger partial charge in [0.1, 0.15) is 0 Å². The van der Waals surface area contributed by atoms with Crippen LogP contribution in [0.15, 0.2) is 41.5 Å². The Hall–Kier alpha value is -1.09. The number of carbonyl (C=O) groups is 1. The fourth-order valence-corrected chi connectivity index (χ4v) is 1.29. The summed E-state index contributed by atoms with van der Waals surface area (Å²) in [6.07, 6.45) is 1.66. The van der Waals surface area contributed by atoms with E-state index in [9.17, 15) is 4.79 Å². The van der Waals surface area contributed by atoms with E-state index in [1.54, 1.807) is 30.4 Å². The van der Waals surface area contributed by atoms with Crippen molar-refractivity contribution < 1.29 is 4.79 Å². The van der Waals surface area contributed by atoms with Gasteiger partial charge in [0.2, 0.25) is 0 Å². The SMILES string of the molecule is CN(/C=C\Br)C(=O)c1ccccc1. The second kappa shape index (κ2) is 4.82. The summed E-state index contributed by atoms with van der Waals surface area (Å²) in [5, 5.41) is 0. The molecule has 0 atom stereocenters. The Morgan fingerprint density at radius 3 is 2.54 bits per heavy atom. The normalized spacial score (nSPS) is 10.3. The molecule has 0 unspecified atom stereocenters. The van der Waals surface area contributed by atoms with E-state index >= 15 is 0 Å². The van der Waals surface area contributed by atoms with E-state index in [4.69, 9.17) is 0 Å². The van der Waals surface area contributed by atoms with E-state index in [-0.39, 0.29) is 5.91 Å². The molecule has 0 radical (unpaired) electrons. The molecule has 0 aliphatic heterocycles. The lowest BCUT2D eigenvalue weighted by molar-refractivity contribution is 0.0850. The number of rotatable bonds is 2. The zero-order valence-electron chi connectivity index (χ0n) is 7.27. The van der Waals surface area contributed by atoms with Gasteiger partial charge in [-0.1, -0.05) is 34.1 Å². The minimum Gasteiger partial charge on any atom is -0.318 e. The number of carbonyl (C=O) groups excluding carboxylic acids is 1. The molecule has 3 heteroatoms. The minimum absolute atomic E-state index is 0.0173. The molecule has 0 N–H and O–H groups in total. The van der Waals surface area contributed by atoms with Crippen LogP contribution in [0, 0.1) is 0 Å². The third-order valence-electron chi connectivity index (χ3n) is 1.62. The van der Waals surface area contributed by atoms with Crippen LogP contribution in [-0.4, -0.2) is 17.9 Å². The Bertz CT molecular complexity index is 308. The number of hydrogen-bond acceptors (Lipinski definition) is 1. The van der Waals surface area contributed by atoms with E-state index in [1.807, 2.05) is 18.2 Å². The molecule has 0 saturated carbocycles. The predicted octanol–water partition coefficient (Wildman–Crippen LogP) is 2.62. The summed E-state index contributed by atoms with van der Waals surface area (Å²) in [5.74, 6) is -0.0173. The van der Waals surface area contributed by atoms with E-state index < -0.39 is 0 Å². The topological polar surface area (TPSA) is 20.3 Å². The molecule has 1 rings (SSSR count). The molecule has 0 fully saturated rings. The predicted molar refractivity (Wildman–Crippen MR) is 56.6 cm³/mol. The maximum absolute atomic E-state index is 11.6. The van der Waals surface area contributed by atoms with Gasteiger partial charge in [-0.2, -0.15) is 0 Å². The first-order chi connectivity index (χ1) is 6.25. The maximum Gasteiger partial charge on any atom is 0.257 e. The molecule has 0 aromatic heterocycles. The number of nitrogens with zero attached hydrogens (tertiary/aromatic N) is 1. The van der Waals surface area contributed by atoms with Gasteiger partial charge in [-0.15, -0.1) is 0 Å². The van der Waals surface area contributed by atoms with Crippen LogP contribution in [0.2, 0.25) is 0 Å². The van der Waals surface area contributed by atoms with Crippen molar-refractivity contribution in [2.75, 3.05) is 7.05 Å². The van der Waals surface area contributed by atoms with Gasteiger partial charge in [0.05, 0.1) is 0 Å². The molecule has 0 aliphatic rings. The second-order valence-corrected chi connectivity index (χ2v) is 3.09. The summed E-state index contributed by atoms with van der Waals surface area (Å²) in [7, 11) is 1.72. The minimum atomic E-state index is -0.0173. The lowest BCUT2D eigenvalue weighted by atomic mass is 10.2. The van der Waals surface area contributed by atoms with E-state index in [0.29, 0.717) is 5.56 Å². The van der Waals surface area contributed by atoms with Crippen LogP contribution in [0.25, 0.3) is 0 Å². The van der Waals surface area contributed by atoms with Crippen LogP contribution in [-0.2, 0) is 0 Å². The van der Waals surface area contributed by atoms with Gasteiger partial charge in [0.15, 0.2) is 0 Å². The standard InChI is InChI=1S/C10H10BrNO/c1-12(8-7-11)10(13)9-5-3-2-4-6-9/h2-8H,1H3/b8-7-. The highest BCUT2D eigenvalue weighted by Gasteiger charge is 2.06. The third-order valence-corrected chi connectivity index (χ3v) is 1.86. The smallest absolute Gasteiger partial charge is 0.257 e. The van der Waals surface area contributed by atoms with Crippen LogP contribution in [0.4, 0.5) is 0 Å². The van der Waals surface area contributed by atoms with Crippen molar-refractivity contribution in [2.45, 2.75) is 0 Å². The molecular formula is C10H10BrNO. The van der Waals surface area contributed by atoms with Crippen molar-refractivity contribution in [2.24, 2.45) is 0 Å². The van der Waals surface area contributed by atoms with Crippen LogP contribution in [0.5, 0.6) is 0 Å². The van der Waals surface area contributed by atoms with Crippen molar-refractivity contribution in [1.82, 2.24) is 4.90 Å². The van der Waals surface area contributed by atoms with Crippen LogP contribution in [0.1, 0.15) is 10.4 Å². The summed E-state index contributed by atoms with van der Waals surface area (Å²) in [6, 6.07) is 9.16. The summed E-state index contributed by atoms with van der Waals surface area (Å²) in [5.41, 5.74) is 0.690. The molecule has 0 heterocycles. The van der Waals surface area contributed by atoms with Gasteiger partial charge in [-0.05, 0) is 17.1 Å². The fourth-order valence-electron chi connectivity index (χ4n) is 0.937. The molecule has 13 heavy (non-hydrogen) atoms. The van der Waals surface area contributed by atoms with E-state index in [1.165, 1.54) is 4.90 Å². The average Bonchev–Trinajstić information content (AvgIpc) is 2.18. The number of hydrogen-bond donors (Lipinski definition) is 0. The van der Waals surface area contributed by atoms with Crippen LogP contribution < -0.4 is 0 Å². The second-order valence-electron chi connectivity index (χ2n) is 2.56. The summed E-state index contributed by atoms with van der Waals surface area (Å²) >= 11 is 3.12. The average molecular weight is 240 g/mol. The summed E-state index contributed by atoms with van der Waals surface area (Å²) in [6.45, 7) is 0. The number of amides is 1. The zero-order chi connectivity index (χ0) is 9.68. The number of halogens is 1. The monoisotopic (exact) mass is 239 g/mol. The van der Waals surface area contributed by atoms with Crippen molar-refractivity contribution in [1.29, 1.82) is 0 Å². The van der Waals surface area contributed by atoms with Crippen LogP contribution in [0.3, 0.4) is 0 Å². The fraction of sp³-hybridized carbons (Fsp3) is 0.100. The maximum atomic E-state index is 11.6. The molecule has 0 saturated heterocycles. The van der Waals surface area contributed by atoms with Crippen molar-refractivity contribution in [3.05, 3.63) is 47.1 Å². The Kier molecular flexibility index (Phi) is 3.71. The van der Waals surface area contributed by atoms with Gasteiger partial charge < -0.3 is 4.90 Å². The molecule has 68 valence electrons. The molecule has 0 bridgehead atoms. The molecule has 0 spiro atoms. The molecular weight excluding hydrogens is 230 g/mol. The van der Waals surface area contributed by atoms with Crippen molar-refractivity contribution in [3.63, 3.8) is 0 Å². The highest BCUT2D eigenvalue weighted by Crippen LogP contribution is 2.03. The van der Waals surface area contributed by atoms with Gasteiger partial charge >= 0.3 is 0 Å². The van der Waals surface area contributed by atoms with Gasteiger partial charge in [0.25, 0.3) is 5.91 Å². The van der Waals surface area contributed by atoms with E-state index in [0.717, 1.165) is 0 Å². The first-order valence-corrected chi connectivity index (χ1v) is 4.76. The highest BCUT2D eigenvalue weighted by atomic mass is 79.9. The lowest BCUT2D eigenvalue weighted by Crippen LogP contribution is -2.20. The first-order valence-electron chi connectivity index (χ1n) is 3.85. The summed E-state index contributed by atoms with van der Waals surface area (Å²) in [4.78, 5) is 14.8. The van der Waals surface area contributed by atoms with Gasteiger partial charge in [0, 0.05) is 18.8 Å². The summed E-state index contributed by atoms with van der Waals surface area (Å²) < 4.78 is 0. The molecule has 1 aromatic rings. The first kappa shape index (κ1) is 9.99. The molecule has 1 aromatic carbocycles. The zero-order valence-corrected chi connectivity index (χ0v) is 8.86. The third kappa shape index (κ3) is 2.70. The van der Waals surface area contributed by atoms with Gasteiger partial charge in [-0.25, -0.2) is 0 Å². The Morgan fingerprint density at radius 1 is 1.38 bits per heavy atom. The Balaban J connectivity index is 2.80. The van der Waals surface area contributed by atoms with Crippen molar-refractivity contribution in [3.8, 4) is 0 Å². The largest absolute Gasteiger partial charge is 0.318 e. The van der Waals surface area contributed by atoms with Crippen molar-refractivity contribution >= 4 is 21.8 Å². The highest BCUT2D eigenvalue weighted by molar-refractivity contribution is 9.11. The Morgan fingerprint density at radius 2 is 2.00 bits per heavy atom. The lowest BCUT2D eigenvalue weighted by Gasteiger charge is -2.10. The molecule has 1 amide bonds. The van der Waals surface area contributed by atoms with Gasteiger partial charge in [-0.3, -0.25) is 4.79 Å². The van der Waals surface area contributed by atoms with E-state index in [2.05, 4.69) is 15.9 Å². The molecule has 2 nitrogen and oxygen atoms in total. The van der Waals surface area contributed by atoms with Crippen LogP contribution >= 0.6 is 15.9 Å². The Labute approximate surface area is 86.0 Å². The molecule has 0 aliphatic carbocycles. The number of benzene rings is 1. The quantitative estimate of drug-likeness (QED) is 0.778.